The van der Waals surface area contributed by atoms with Gasteiger partial charge in [-0.3, -0.25) is 14.8 Å². The van der Waals surface area contributed by atoms with Crippen molar-refractivity contribution in [3.63, 3.8) is 0 Å². The third-order valence-corrected chi connectivity index (χ3v) is 5.37. The number of rotatable bonds is 10. The van der Waals surface area contributed by atoms with Crippen molar-refractivity contribution in [1.29, 1.82) is 0 Å². The van der Waals surface area contributed by atoms with Crippen LogP contribution in [0.25, 0.3) is 11.1 Å². The molecule has 0 radical (unpaired) electrons. The molecule has 4 N–H and O–H groups in total. The summed E-state index contributed by atoms with van der Waals surface area (Å²) in [6.45, 7) is 1.83. The van der Waals surface area contributed by atoms with Gasteiger partial charge in [-0.2, -0.15) is 0 Å². The highest BCUT2D eigenvalue weighted by Crippen LogP contribution is 2.23. The van der Waals surface area contributed by atoms with Crippen molar-refractivity contribution in [1.82, 2.24) is 15.4 Å². The number of methoxy groups -OCH3 is 1. The van der Waals surface area contributed by atoms with Gasteiger partial charge in [-0.1, -0.05) is 12.1 Å². The van der Waals surface area contributed by atoms with E-state index in [9.17, 15) is 19.1 Å². The van der Waals surface area contributed by atoms with Gasteiger partial charge in [0.2, 0.25) is 0 Å². The highest BCUT2D eigenvalue weighted by Gasteiger charge is 2.49. The number of benzene rings is 1. The van der Waals surface area contributed by atoms with Crippen LogP contribution in [0.1, 0.15) is 20.3 Å². The number of carbonyl (C=O) groups excluding carboxylic acids is 1. The van der Waals surface area contributed by atoms with Crippen LogP contribution in [-0.4, -0.2) is 52.3 Å². The van der Waals surface area contributed by atoms with Crippen molar-refractivity contribution in [2.24, 2.45) is 0 Å². The number of amides is 1. The normalized spacial score (nSPS) is 15.1. The summed E-state index contributed by atoms with van der Waals surface area (Å²) < 4.78 is 19.9. The fourth-order valence-electron chi connectivity index (χ4n) is 3.00. The molecular weight excluding hydrogens is 393 g/mol. The van der Waals surface area contributed by atoms with Crippen LogP contribution in [0.4, 0.5) is 4.39 Å². The molecule has 1 heterocycles. The van der Waals surface area contributed by atoms with E-state index in [1.807, 2.05) is 30.3 Å². The Morgan fingerprint density at radius 3 is 2.40 bits per heavy atom. The molecule has 0 spiro atoms. The van der Waals surface area contributed by atoms with Crippen molar-refractivity contribution >= 4 is 5.91 Å². The van der Waals surface area contributed by atoms with E-state index in [-0.39, 0.29) is 12.1 Å². The predicted octanol–water partition coefficient (Wildman–Crippen LogP) is 1.49. The maximum atomic E-state index is 13.2. The molecule has 1 aromatic heterocycles. The van der Waals surface area contributed by atoms with Gasteiger partial charge in [-0.15, -0.1) is 0 Å². The molecule has 1 aromatic carbocycles. The van der Waals surface area contributed by atoms with Crippen molar-refractivity contribution in [3.8, 4) is 16.9 Å². The zero-order valence-corrected chi connectivity index (χ0v) is 17.3. The molecule has 0 aliphatic carbocycles. The monoisotopic (exact) mass is 421 g/mol. The number of carbonyl (C=O) groups is 1. The number of aryl methyl sites for hydroxylation is 1. The summed E-state index contributed by atoms with van der Waals surface area (Å²) in [5.74, 6) is -0.223. The third kappa shape index (κ3) is 5.05. The fraction of sp³-hybridized carbons (Fsp3) is 0.429. The molecule has 0 aliphatic rings. The Morgan fingerprint density at radius 2 is 1.87 bits per heavy atom. The van der Waals surface area contributed by atoms with Gasteiger partial charge in [0.1, 0.15) is 23.6 Å². The van der Waals surface area contributed by atoms with Crippen LogP contribution >= 0.6 is 0 Å². The first-order chi connectivity index (χ1) is 14.2. The van der Waals surface area contributed by atoms with Gasteiger partial charge in [0.05, 0.1) is 7.11 Å². The van der Waals surface area contributed by atoms with Crippen molar-refractivity contribution in [3.05, 3.63) is 52.9 Å². The van der Waals surface area contributed by atoms with Crippen molar-refractivity contribution < 1.29 is 24.2 Å². The predicted molar refractivity (Wildman–Crippen MR) is 110 cm³/mol. The number of halogens is 1. The van der Waals surface area contributed by atoms with Crippen LogP contribution < -0.4 is 21.1 Å². The van der Waals surface area contributed by atoms with Crippen molar-refractivity contribution in [2.75, 3.05) is 20.3 Å². The summed E-state index contributed by atoms with van der Waals surface area (Å²) in [6, 6.07) is 10.7. The molecule has 2 atom stereocenters. The number of hydroxylamine groups is 1. The smallest absolute Gasteiger partial charge is 0.266 e. The minimum atomic E-state index is -2.03. The molecule has 0 fully saturated rings. The second kappa shape index (κ2) is 9.84. The van der Waals surface area contributed by atoms with E-state index in [0.717, 1.165) is 23.8 Å². The minimum Gasteiger partial charge on any atom is -0.497 e. The first-order valence-electron chi connectivity index (χ1n) is 9.51. The molecule has 8 nitrogen and oxygen atoms in total. The van der Waals surface area contributed by atoms with E-state index in [1.54, 1.807) is 13.3 Å². The molecule has 0 saturated heterocycles. The molecular formula is C21H28FN3O5. The number of aliphatic hydroxyl groups is 1. The van der Waals surface area contributed by atoms with Crippen LogP contribution in [0.15, 0.2) is 47.4 Å². The quantitative estimate of drug-likeness (QED) is 0.263. The Kier molecular flexibility index (Phi) is 7.71. The highest BCUT2D eigenvalue weighted by molar-refractivity contribution is 5.86. The Hall–Kier alpha value is -2.75. The molecule has 30 heavy (non-hydrogen) atoms. The number of alkyl halides is 1. The van der Waals surface area contributed by atoms with Crippen LogP contribution in [0.3, 0.4) is 0 Å². The second-order valence-corrected chi connectivity index (χ2v) is 7.43. The van der Waals surface area contributed by atoms with E-state index in [1.165, 1.54) is 23.0 Å². The lowest BCUT2D eigenvalue weighted by Crippen LogP contribution is -2.68. The lowest BCUT2D eigenvalue weighted by Gasteiger charge is -2.39. The third-order valence-electron chi connectivity index (χ3n) is 5.37. The number of aromatic nitrogens is 1. The van der Waals surface area contributed by atoms with E-state index < -0.39 is 23.7 Å². The summed E-state index contributed by atoms with van der Waals surface area (Å²) in [6.07, 6.45) is 2.11. The number of hydrogen-bond donors (Lipinski definition) is 4. The summed E-state index contributed by atoms with van der Waals surface area (Å²) in [5, 5.41) is 21.9. The lowest BCUT2D eigenvalue weighted by molar-refractivity contribution is -0.148. The van der Waals surface area contributed by atoms with E-state index >= 15 is 0 Å². The summed E-state index contributed by atoms with van der Waals surface area (Å²) in [4.78, 5) is 24.4. The van der Waals surface area contributed by atoms with Crippen LogP contribution in [0, 0.1) is 0 Å². The van der Waals surface area contributed by atoms with E-state index in [0.29, 0.717) is 13.0 Å². The standard InChI is InChI=1S/C21H28FN3O5/c1-20(28,14-22)21(2,19(27)24-29)23-10-4-11-25-12-9-16(13-18(25)26)15-5-7-17(30-3)8-6-15/h5-9,12-13,23,28-29H,4,10-11,14H2,1-3H3,(H,24,27). The van der Waals surface area contributed by atoms with Gasteiger partial charge in [0, 0.05) is 18.8 Å². The number of nitrogens with one attached hydrogen (secondary N) is 2. The summed E-state index contributed by atoms with van der Waals surface area (Å²) >= 11 is 0. The number of pyridine rings is 1. The SMILES string of the molecule is COc1ccc(-c2ccn(CCCNC(C)(C(=O)NO)C(C)(O)CF)c(=O)c2)cc1. The molecule has 164 valence electrons. The topological polar surface area (TPSA) is 113 Å². The summed E-state index contributed by atoms with van der Waals surface area (Å²) in [7, 11) is 1.59. The lowest BCUT2D eigenvalue weighted by atomic mass is 9.82. The molecule has 2 unspecified atom stereocenters. The Labute approximate surface area is 174 Å². The molecule has 0 bridgehead atoms. The largest absolute Gasteiger partial charge is 0.497 e. The fourth-order valence-corrected chi connectivity index (χ4v) is 3.00. The Morgan fingerprint density at radius 1 is 1.20 bits per heavy atom. The molecule has 0 saturated carbocycles. The van der Waals surface area contributed by atoms with Gasteiger partial charge in [0.25, 0.3) is 11.5 Å². The molecule has 2 rings (SSSR count). The van der Waals surface area contributed by atoms with Crippen LogP contribution in [0.5, 0.6) is 5.75 Å². The van der Waals surface area contributed by atoms with Crippen LogP contribution in [-0.2, 0) is 11.3 Å². The van der Waals surface area contributed by atoms with Gasteiger partial charge in [0.15, 0.2) is 0 Å². The maximum Gasteiger partial charge on any atom is 0.266 e. The Bertz CT molecular complexity index is 914. The number of nitrogens with zero attached hydrogens (tertiary/aromatic N) is 1. The molecule has 1 amide bonds. The first kappa shape index (κ1) is 23.5. The summed E-state index contributed by atoms with van der Waals surface area (Å²) in [5.41, 5.74) is -0.845. The maximum absolute atomic E-state index is 13.2. The van der Waals surface area contributed by atoms with Crippen molar-refractivity contribution in [2.45, 2.75) is 38.0 Å². The molecule has 9 heteroatoms. The minimum absolute atomic E-state index is 0.185. The highest BCUT2D eigenvalue weighted by atomic mass is 19.1. The van der Waals surface area contributed by atoms with Crippen LogP contribution in [0.2, 0.25) is 0 Å². The van der Waals surface area contributed by atoms with E-state index in [4.69, 9.17) is 9.94 Å². The number of hydrogen-bond acceptors (Lipinski definition) is 6. The second-order valence-electron chi connectivity index (χ2n) is 7.43. The van der Waals surface area contributed by atoms with Gasteiger partial charge < -0.3 is 19.7 Å². The first-order valence-corrected chi connectivity index (χ1v) is 9.51. The average Bonchev–Trinajstić information content (AvgIpc) is 2.76. The molecule has 2 aromatic rings. The average molecular weight is 421 g/mol. The zero-order chi connectivity index (χ0) is 22.4. The molecule has 0 aliphatic heterocycles. The van der Waals surface area contributed by atoms with E-state index in [2.05, 4.69) is 5.32 Å². The number of ether oxygens (including phenoxy) is 1. The van der Waals surface area contributed by atoms with Gasteiger partial charge in [-0.25, -0.2) is 9.87 Å². The van der Waals surface area contributed by atoms with Gasteiger partial charge >= 0.3 is 0 Å². The Balaban J connectivity index is 2.02. The van der Waals surface area contributed by atoms with Gasteiger partial charge in [-0.05, 0) is 56.1 Å². The zero-order valence-electron chi connectivity index (χ0n) is 17.3.